The summed E-state index contributed by atoms with van der Waals surface area (Å²) in [7, 11) is 1.60. The van der Waals surface area contributed by atoms with Crippen LogP contribution in [0.25, 0.3) is 17.1 Å². The van der Waals surface area contributed by atoms with Gasteiger partial charge in [-0.1, -0.05) is 54.2 Å². The van der Waals surface area contributed by atoms with Crippen LogP contribution in [0.4, 0.5) is 5.69 Å². The van der Waals surface area contributed by atoms with E-state index in [2.05, 4.69) is 10.2 Å². The van der Waals surface area contributed by atoms with Crippen LogP contribution in [-0.2, 0) is 0 Å². The number of ketones is 1. The summed E-state index contributed by atoms with van der Waals surface area (Å²) in [6, 6.07) is 22.8. The minimum Gasteiger partial charge on any atom is -0.497 e. The average Bonchev–Trinajstić information content (AvgIpc) is 3.27. The molecule has 0 amide bonds. The van der Waals surface area contributed by atoms with Gasteiger partial charge in [-0.2, -0.15) is 0 Å². The zero-order valence-electron chi connectivity index (χ0n) is 17.0. The third-order valence-electron chi connectivity index (χ3n) is 4.69. The van der Waals surface area contributed by atoms with Gasteiger partial charge >= 0.3 is 0 Å². The van der Waals surface area contributed by atoms with Crippen molar-refractivity contribution in [2.75, 3.05) is 12.9 Å². The van der Waals surface area contributed by atoms with Gasteiger partial charge in [-0.15, -0.1) is 10.2 Å². The Balaban J connectivity index is 1.66. The van der Waals surface area contributed by atoms with Gasteiger partial charge in [0.2, 0.25) is 0 Å². The van der Waals surface area contributed by atoms with Crippen molar-refractivity contribution in [2.45, 2.75) is 5.16 Å². The molecule has 0 aliphatic heterocycles. The highest BCUT2D eigenvalue weighted by molar-refractivity contribution is 7.99. The van der Waals surface area contributed by atoms with Crippen LogP contribution in [0.15, 0.2) is 84.0 Å². The lowest BCUT2D eigenvalue weighted by molar-refractivity contribution is -0.384. The number of nitro benzene ring substituents is 1. The first-order valence-electron chi connectivity index (χ1n) is 9.62. The lowest BCUT2D eigenvalue weighted by atomic mass is 10.1. The minimum atomic E-state index is -0.517. The number of rotatable bonds is 8. The molecule has 4 rings (SSSR count). The van der Waals surface area contributed by atoms with E-state index in [4.69, 9.17) is 4.74 Å². The Morgan fingerprint density at radius 2 is 1.81 bits per heavy atom. The van der Waals surface area contributed by atoms with E-state index in [0.717, 1.165) is 11.3 Å². The molecule has 0 atom stereocenters. The van der Waals surface area contributed by atoms with Gasteiger partial charge in [0.05, 0.1) is 17.8 Å². The Kier molecular flexibility index (Phi) is 6.27. The summed E-state index contributed by atoms with van der Waals surface area (Å²) >= 11 is 1.22. The fraction of sp³-hybridized carbons (Fsp3) is 0.0870. The van der Waals surface area contributed by atoms with Gasteiger partial charge < -0.3 is 4.74 Å². The molecule has 8 nitrogen and oxygen atoms in total. The van der Waals surface area contributed by atoms with Gasteiger partial charge in [-0.05, 0) is 24.3 Å². The maximum absolute atomic E-state index is 12.7. The number of ether oxygens (including phenoxy) is 1. The number of hydrogen-bond acceptors (Lipinski definition) is 7. The Morgan fingerprint density at radius 3 is 2.56 bits per heavy atom. The molecule has 9 heteroatoms. The Bertz CT molecular complexity index is 1270. The predicted molar refractivity (Wildman–Crippen MR) is 121 cm³/mol. The van der Waals surface area contributed by atoms with Crippen molar-refractivity contribution in [3.05, 3.63) is 94.5 Å². The zero-order valence-corrected chi connectivity index (χ0v) is 17.9. The summed E-state index contributed by atoms with van der Waals surface area (Å²) in [4.78, 5) is 23.2. The zero-order chi connectivity index (χ0) is 22.5. The number of para-hydroxylation sites is 1. The molecule has 4 aromatic rings. The molecule has 1 heterocycles. The molecule has 0 saturated carbocycles. The number of benzene rings is 3. The van der Waals surface area contributed by atoms with E-state index in [0.29, 0.717) is 16.7 Å². The number of carbonyl (C=O) groups is 1. The van der Waals surface area contributed by atoms with E-state index in [-0.39, 0.29) is 22.8 Å². The van der Waals surface area contributed by atoms with Gasteiger partial charge in [-0.25, -0.2) is 0 Å². The van der Waals surface area contributed by atoms with Gasteiger partial charge in [0.15, 0.2) is 16.8 Å². The minimum absolute atomic E-state index is 0.0598. The van der Waals surface area contributed by atoms with E-state index < -0.39 is 4.92 Å². The van der Waals surface area contributed by atoms with Crippen LogP contribution in [0, 0.1) is 10.1 Å². The normalized spacial score (nSPS) is 10.7. The molecule has 3 aromatic carbocycles. The predicted octanol–water partition coefficient (Wildman–Crippen LogP) is 4.83. The van der Waals surface area contributed by atoms with E-state index in [1.54, 1.807) is 13.2 Å². The first kappa shape index (κ1) is 21.3. The maximum Gasteiger partial charge on any atom is 0.270 e. The van der Waals surface area contributed by atoms with Crippen LogP contribution in [0.3, 0.4) is 0 Å². The second-order valence-corrected chi connectivity index (χ2v) is 7.67. The van der Waals surface area contributed by atoms with Crippen LogP contribution in [0.2, 0.25) is 0 Å². The number of methoxy groups -OCH3 is 1. The van der Waals surface area contributed by atoms with Crippen LogP contribution >= 0.6 is 11.8 Å². The molecule has 160 valence electrons. The third-order valence-corrected chi connectivity index (χ3v) is 5.62. The van der Waals surface area contributed by atoms with E-state index >= 15 is 0 Å². The van der Waals surface area contributed by atoms with Gasteiger partial charge in [0.25, 0.3) is 5.69 Å². The molecule has 0 aliphatic rings. The van der Waals surface area contributed by atoms with Crippen molar-refractivity contribution in [3.8, 4) is 22.8 Å². The number of nitrogens with zero attached hydrogens (tertiary/aromatic N) is 4. The molecule has 0 saturated heterocycles. The van der Waals surface area contributed by atoms with Crippen molar-refractivity contribution >= 4 is 23.2 Å². The van der Waals surface area contributed by atoms with Crippen molar-refractivity contribution in [1.29, 1.82) is 0 Å². The second kappa shape index (κ2) is 9.44. The van der Waals surface area contributed by atoms with Crippen molar-refractivity contribution in [3.63, 3.8) is 0 Å². The molecule has 0 aliphatic carbocycles. The van der Waals surface area contributed by atoms with Crippen molar-refractivity contribution in [1.82, 2.24) is 14.8 Å². The molecular formula is C23H18N4O4S. The Hall–Kier alpha value is -3.98. The molecule has 0 radical (unpaired) electrons. The van der Waals surface area contributed by atoms with Crippen molar-refractivity contribution in [2.24, 2.45) is 0 Å². The van der Waals surface area contributed by atoms with Gasteiger partial charge in [-0.3, -0.25) is 19.5 Å². The maximum atomic E-state index is 12.7. The average molecular weight is 446 g/mol. The topological polar surface area (TPSA) is 100 Å². The van der Waals surface area contributed by atoms with Crippen LogP contribution in [-0.4, -0.2) is 38.3 Å². The number of aromatic nitrogens is 3. The highest BCUT2D eigenvalue weighted by Crippen LogP contribution is 2.30. The fourth-order valence-corrected chi connectivity index (χ4v) is 3.98. The lowest BCUT2D eigenvalue weighted by Crippen LogP contribution is -2.05. The summed E-state index contributed by atoms with van der Waals surface area (Å²) in [6.07, 6.45) is 0. The second-order valence-electron chi connectivity index (χ2n) is 6.73. The number of non-ortho nitro benzene ring substituents is 1. The number of hydrogen-bond donors (Lipinski definition) is 0. The van der Waals surface area contributed by atoms with Crippen LogP contribution in [0.5, 0.6) is 5.75 Å². The first-order chi connectivity index (χ1) is 15.6. The summed E-state index contributed by atoms with van der Waals surface area (Å²) in [5.41, 5.74) is 1.83. The van der Waals surface area contributed by atoms with Crippen LogP contribution in [0.1, 0.15) is 10.4 Å². The molecule has 0 unspecified atom stereocenters. The highest BCUT2D eigenvalue weighted by Gasteiger charge is 2.19. The molecule has 0 fully saturated rings. The lowest BCUT2D eigenvalue weighted by Gasteiger charge is -2.11. The van der Waals surface area contributed by atoms with Gasteiger partial charge in [0.1, 0.15) is 5.75 Å². The monoisotopic (exact) mass is 446 g/mol. The quantitative estimate of drug-likeness (QED) is 0.165. The van der Waals surface area contributed by atoms with E-state index in [1.807, 2.05) is 59.2 Å². The summed E-state index contributed by atoms with van der Waals surface area (Å²) < 4.78 is 7.20. The summed E-state index contributed by atoms with van der Waals surface area (Å²) in [5, 5.41) is 20.2. The molecule has 0 N–H and O–H groups in total. The van der Waals surface area contributed by atoms with Crippen molar-refractivity contribution < 1.29 is 14.5 Å². The SMILES string of the molecule is COc1cccc(-c2nnc(SCC(=O)c3cccc([N+](=O)[O-])c3)n2-c2ccccc2)c1. The smallest absolute Gasteiger partial charge is 0.270 e. The Labute approximate surface area is 188 Å². The largest absolute Gasteiger partial charge is 0.497 e. The molecule has 1 aromatic heterocycles. The standard InChI is InChI=1S/C23H18N4O4S/c1-31-20-12-6-8-17(14-20)22-24-25-23(26(22)18-9-3-2-4-10-18)32-15-21(28)16-7-5-11-19(13-16)27(29)30/h2-14H,15H2,1H3. The molecule has 0 spiro atoms. The molecule has 0 bridgehead atoms. The first-order valence-corrected chi connectivity index (χ1v) is 10.6. The van der Waals surface area contributed by atoms with E-state index in [9.17, 15) is 14.9 Å². The number of carbonyl (C=O) groups excluding carboxylic acids is 1. The van der Waals surface area contributed by atoms with Crippen LogP contribution < -0.4 is 4.74 Å². The number of thioether (sulfide) groups is 1. The van der Waals surface area contributed by atoms with E-state index in [1.165, 1.54) is 30.0 Å². The number of Topliss-reactive ketones (excluding diaryl/α,β-unsaturated/α-hetero) is 1. The summed E-state index contributed by atoms with van der Waals surface area (Å²) in [6.45, 7) is 0. The highest BCUT2D eigenvalue weighted by atomic mass is 32.2. The number of nitro groups is 1. The summed E-state index contributed by atoms with van der Waals surface area (Å²) in [5.74, 6) is 1.13. The van der Waals surface area contributed by atoms with Gasteiger partial charge in [0, 0.05) is 28.9 Å². The Morgan fingerprint density at radius 1 is 1.03 bits per heavy atom. The molecule has 32 heavy (non-hydrogen) atoms. The fourth-order valence-electron chi connectivity index (χ4n) is 3.13. The molecular weight excluding hydrogens is 428 g/mol. The third kappa shape index (κ3) is 4.52.